The standard InChI is InChI=1S/C5H13OP.C2H6O/c1-4(2)5(3,6)7;1-2-3/h4,6H,7H2,1-3H3;3H,2H2,1H3. The smallest absolute Gasteiger partial charge is 0.0773 e. The number of hydrogen-bond acceptors (Lipinski definition) is 2. The van der Waals surface area contributed by atoms with Crippen molar-refractivity contribution >= 4 is 9.24 Å². The predicted octanol–water partition coefficient (Wildman–Crippen LogP) is 1.22. The van der Waals surface area contributed by atoms with Crippen LogP contribution in [-0.4, -0.2) is 22.2 Å². The Morgan fingerprint density at radius 1 is 1.50 bits per heavy atom. The SMILES string of the molecule is CC(C)C(C)(O)P.CCO. The quantitative estimate of drug-likeness (QED) is 0.575. The molecule has 0 aliphatic rings. The highest BCUT2D eigenvalue weighted by Gasteiger charge is 2.16. The van der Waals surface area contributed by atoms with E-state index in [0.29, 0.717) is 5.92 Å². The van der Waals surface area contributed by atoms with Gasteiger partial charge >= 0.3 is 0 Å². The summed E-state index contributed by atoms with van der Waals surface area (Å²) in [6.45, 7) is 7.67. The predicted molar refractivity (Wildman–Crippen MR) is 47.9 cm³/mol. The molecule has 0 saturated heterocycles. The second kappa shape index (κ2) is 6.09. The molecule has 2 N–H and O–H groups in total. The van der Waals surface area contributed by atoms with Gasteiger partial charge in [0.15, 0.2) is 0 Å². The molecule has 10 heavy (non-hydrogen) atoms. The molecule has 0 aromatic heterocycles. The maximum Gasteiger partial charge on any atom is 0.0773 e. The zero-order chi connectivity index (χ0) is 8.78. The van der Waals surface area contributed by atoms with Gasteiger partial charge in [-0.2, -0.15) is 0 Å². The summed E-state index contributed by atoms with van der Waals surface area (Å²) in [6, 6.07) is 0. The van der Waals surface area contributed by atoms with Crippen LogP contribution in [0.1, 0.15) is 27.7 Å². The molecule has 3 heteroatoms. The lowest BCUT2D eigenvalue weighted by Crippen LogP contribution is -2.21. The molecule has 0 aromatic rings. The molecule has 0 radical (unpaired) electrons. The van der Waals surface area contributed by atoms with Gasteiger partial charge in [-0.05, 0) is 19.8 Å². The zero-order valence-electron chi connectivity index (χ0n) is 7.26. The first-order valence-corrected chi connectivity index (χ1v) is 4.06. The lowest BCUT2D eigenvalue weighted by molar-refractivity contribution is 0.106. The van der Waals surface area contributed by atoms with E-state index in [1.54, 1.807) is 13.8 Å². The molecular formula is C7H19O2P. The minimum atomic E-state index is -0.583. The van der Waals surface area contributed by atoms with Crippen LogP contribution in [0.15, 0.2) is 0 Å². The van der Waals surface area contributed by atoms with Gasteiger partial charge in [-0.25, -0.2) is 0 Å². The Labute approximate surface area is 65.9 Å². The first kappa shape index (κ1) is 13.0. The second-order valence-corrected chi connectivity index (χ2v) is 3.87. The third-order valence-electron chi connectivity index (χ3n) is 1.17. The zero-order valence-corrected chi connectivity index (χ0v) is 8.41. The van der Waals surface area contributed by atoms with Crippen molar-refractivity contribution in [3.05, 3.63) is 0 Å². The number of aliphatic hydroxyl groups is 2. The van der Waals surface area contributed by atoms with Crippen LogP contribution in [0.2, 0.25) is 0 Å². The van der Waals surface area contributed by atoms with Crippen LogP contribution in [0.25, 0.3) is 0 Å². The van der Waals surface area contributed by atoms with E-state index < -0.39 is 5.34 Å². The second-order valence-electron chi connectivity index (χ2n) is 2.70. The molecular weight excluding hydrogens is 147 g/mol. The molecule has 2 atom stereocenters. The van der Waals surface area contributed by atoms with Crippen molar-refractivity contribution in [2.45, 2.75) is 33.0 Å². The molecule has 0 aliphatic heterocycles. The third-order valence-corrected chi connectivity index (χ3v) is 1.84. The molecule has 0 fully saturated rings. The highest BCUT2D eigenvalue weighted by atomic mass is 31.0. The normalized spacial score (nSPS) is 15.6. The van der Waals surface area contributed by atoms with Crippen LogP contribution in [-0.2, 0) is 0 Å². The van der Waals surface area contributed by atoms with Crippen molar-refractivity contribution in [1.29, 1.82) is 0 Å². The van der Waals surface area contributed by atoms with Crippen LogP contribution >= 0.6 is 9.24 Å². The monoisotopic (exact) mass is 166 g/mol. The van der Waals surface area contributed by atoms with Crippen molar-refractivity contribution in [3.63, 3.8) is 0 Å². The fraction of sp³-hybridized carbons (Fsp3) is 1.00. The van der Waals surface area contributed by atoms with Crippen molar-refractivity contribution in [2.24, 2.45) is 5.92 Å². The molecule has 0 saturated carbocycles. The van der Waals surface area contributed by atoms with Gasteiger partial charge in [0, 0.05) is 6.61 Å². The van der Waals surface area contributed by atoms with Gasteiger partial charge in [-0.15, -0.1) is 9.24 Å². The highest BCUT2D eigenvalue weighted by Crippen LogP contribution is 2.22. The first-order chi connectivity index (χ1) is 4.36. The van der Waals surface area contributed by atoms with E-state index in [0.717, 1.165) is 0 Å². The summed E-state index contributed by atoms with van der Waals surface area (Å²) in [4.78, 5) is 0. The summed E-state index contributed by atoms with van der Waals surface area (Å²) in [6.07, 6.45) is 0. The largest absolute Gasteiger partial charge is 0.397 e. The summed E-state index contributed by atoms with van der Waals surface area (Å²) in [5, 5.41) is 16.0. The average molecular weight is 166 g/mol. The lowest BCUT2D eigenvalue weighted by Gasteiger charge is -2.20. The molecule has 0 aliphatic carbocycles. The lowest BCUT2D eigenvalue weighted by atomic mass is 10.1. The summed E-state index contributed by atoms with van der Waals surface area (Å²) in [5.41, 5.74) is 0. The topological polar surface area (TPSA) is 40.5 Å². The molecule has 0 aromatic carbocycles. The van der Waals surface area contributed by atoms with E-state index >= 15 is 0 Å². The molecule has 0 spiro atoms. The van der Waals surface area contributed by atoms with Crippen LogP contribution in [0.5, 0.6) is 0 Å². The Hall–Kier alpha value is 0.350. The van der Waals surface area contributed by atoms with E-state index in [-0.39, 0.29) is 6.61 Å². The van der Waals surface area contributed by atoms with Crippen LogP contribution < -0.4 is 0 Å². The summed E-state index contributed by atoms with van der Waals surface area (Å²) >= 11 is 0. The van der Waals surface area contributed by atoms with Gasteiger partial charge in [0.05, 0.1) is 5.34 Å². The number of hydrogen-bond donors (Lipinski definition) is 2. The Morgan fingerprint density at radius 2 is 1.60 bits per heavy atom. The fourth-order valence-corrected chi connectivity index (χ4v) is 0. The van der Waals surface area contributed by atoms with Gasteiger partial charge < -0.3 is 10.2 Å². The van der Waals surface area contributed by atoms with E-state index in [4.69, 9.17) is 10.2 Å². The van der Waals surface area contributed by atoms with Crippen molar-refractivity contribution in [3.8, 4) is 0 Å². The van der Waals surface area contributed by atoms with E-state index in [1.165, 1.54) is 0 Å². The van der Waals surface area contributed by atoms with Crippen molar-refractivity contribution in [2.75, 3.05) is 6.61 Å². The molecule has 0 amide bonds. The van der Waals surface area contributed by atoms with E-state index in [2.05, 4.69) is 9.24 Å². The molecule has 0 rings (SSSR count). The van der Waals surface area contributed by atoms with Gasteiger partial charge in [0.2, 0.25) is 0 Å². The summed E-state index contributed by atoms with van der Waals surface area (Å²) in [7, 11) is 2.39. The van der Waals surface area contributed by atoms with Crippen molar-refractivity contribution < 1.29 is 10.2 Å². The number of rotatable bonds is 1. The van der Waals surface area contributed by atoms with Gasteiger partial charge in [-0.3, -0.25) is 0 Å². The molecule has 2 nitrogen and oxygen atoms in total. The van der Waals surface area contributed by atoms with Crippen LogP contribution in [0.4, 0.5) is 0 Å². The average Bonchev–Trinajstić information content (AvgIpc) is 1.64. The minimum Gasteiger partial charge on any atom is -0.397 e. The van der Waals surface area contributed by atoms with Gasteiger partial charge in [0.25, 0.3) is 0 Å². The minimum absolute atomic E-state index is 0.250. The Kier molecular flexibility index (Phi) is 7.90. The molecule has 0 heterocycles. The molecule has 2 unspecified atom stereocenters. The van der Waals surface area contributed by atoms with Gasteiger partial charge in [-0.1, -0.05) is 13.8 Å². The first-order valence-electron chi connectivity index (χ1n) is 3.48. The Morgan fingerprint density at radius 3 is 1.60 bits per heavy atom. The van der Waals surface area contributed by atoms with Crippen LogP contribution in [0.3, 0.4) is 0 Å². The summed E-state index contributed by atoms with van der Waals surface area (Å²) in [5.74, 6) is 0.317. The van der Waals surface area contributed by atoms with Crippen LogP contribution in [0, 0.1) is 5.92 Å². The molecule has 64 valence electrons. The maximum atomic E-state index is 9.06. The van der Waals surface area contributed by atoms with E-state index in [1.807, 2.05) is 13.8 Å². The Balaban J connectivity index is 0. The number of aliphatic hydroxyl groups excluding tert-OH is 1. The fourth-order valence-electron chi connectivity index (χ4n) is 0. The van der Waals surface area contributed by atoms with E-state index in [9.17, 15) is 0 Å². The highest BCUT2D eigenvalue weighted by molar-refractivity contribution is 7.18. The molecule has 0 bridgehead atoms. The summed E-state index contributed by atoms with van der Waals surface area (Å²) < 4.78 is 0. The third kappa shape index (κ3) is 11.2. The van der Waals surface area contributed by atoms with Gasteiger partial charge in [0.1, 0.15) is 0 Å². The van der Waals surface area contributed by atoms with Crippen molar-refractivity contribution in [1.82, 2.24) is 0 Å². The maximum absolute atomic E-state index is 9.06. The Bertz CT molecular complexity index is 66.5.